The Bertz CT molecular complexity index is 940. The van der Waals surface area contributed by atoms with Crippen molar-refractivity contribution in [2.75, 3.05) is 18.6 Å². The van der Waals surface area contributed by atoms with Gasteiger partial charge in [0, 0.05) is 6.04 Å². The summed E-state index contributed by atoms with van der Waals surface area (Å²) in [5.74, 6) is -0.0420. The molecule has 0 spiro atoms. The first-order valence-corrected chi connectivity index (χ1v) is 11.7. The molecule has 0 aromatic heterocycles. The van der Waals surface area contributed by atoms with E-state index in [1.807, 2.05) is 12.1 Å². The van der Waals surface area contributed by atoms with Crippen molar-refractivity contribution in [3.63, 3.8) is 0 Å². The molecule has 2 heterocycles. The molecule has 28 heavy (non-hydrogen) atoms. The van der Waals surface area contributed by atoms with Gasteiger partial charge in [-0.05, 0) is 37.1 Å². The molecule has 0 radical (unpaired) electrons. The van der Waals surface area contributed by atoms with Gasteiger partial charge >= 0.3 is 0 Å². The average molecular weight is 441 g/mol. The number of nitrogens with one attached hydrogen (secondary N) is 1. The van der Waals surface area contributed by atoms with E-state index in [-0.39, 0.29) is 17.4 Å². The van der Waals surface area contributed by atoms with Crippen LogP contribution >= 0.6 is 24.0 Å². The van der Waals surface area contributed by atoms with Crippen molar-refractivity contribution < 1.29 is 22.7 Å². The quantitative estimate of drug-likeness (QED) is 0.549. The third kappa shape index (κ3) is 4.56. The maximum atomic E-state index is 12.8. The summed E-state index contributed by atoms with van der Waals surface area (Å²) in [5, 5.41) is 2.72. The van der Waals surface area contributed by atoms with Crippen LogP contribution in [0.4, 0.5) is 0 Å². The number of benzene rings is 1. The van der Waals surface area contributed by atoms with Gasteiger partial charge in [-0.1, -0.05) is 36.1 Å². The molecule has 2 atom stereocenters. The van der Waals surface area contributed by atoms with E-state index in [9.17, 15) is 18.0 Å². The average Bonchev–Trinajstić information content (AvgIpc) is 3.13. The van der Waals surface area contributed by atoms with E-state index in [2.05, 4.69) is 5.32 Å². The van der Waals surface area contributed by atoms with Gasteiger partial charge < -0.3 is 10.1 Å². The number of thiocarbonyl (C=S) groups is 1. The van der Waals surface area contributed by atoms with Crippen LogP contribution in [0, 0.1) is 0 Å². The Morgan fingerprint density at radius 1 is 1.39 bits per heavy atom. The summed E-state index contributed by atoms with van der Waals surface area (Å²) < 4.78 is 28.5. The zero-order chi connectivity index (χ0) is 20.5. The molecule has 7 nitrogen and oxygen atoms in total. The number of carbonyl (C=O) groups excluding carboxylic acids is 2. The topological polar surface area (TPSA) is 92.8 Å². The van der Waals surface area contributed by atoms with Gasteiger partial charge in [0.1, 0.15) is 16.1 Å². The number of thioether (sulfide) groups is 1. The van der Waals surface area contributed by atoms with Gasteiger partial charge in [0.15, 0.2) is 9.84 Å². The molecule has 2 aliphatic heterocycles. The second-order valence-corrected chi connectivity index (χ2v) is 10.5. The smallest absolute Gasteiger partial charge is 0.266 e. The normalized spacial score (nSPS) is 23.9. The molecular formula is C18H20N2O5S3. The predicted octanol–water partition coefficient (Wildman–Crippen LogP) is 1.59. The maximum absolute atomic E-state index is 12.8. The molecule has 2 amide bonds. The van der Waals surface area contributed by atoms with Crippen LogP contribution in [-0.2, 0) is 19.4 Å². The standard InChI is InChI=1S/C18H20N2O5S3/c1-11(16(21)19-13-7-8-28(23,24)10-13)20-17(22)15(27-18(20)26)9-12-3-5-14(25-2)6-4-12/h3-6,9,11,13H,7-8,10H2,1-2H3,(H,19,21)/b15-9-/t11-,13-/m0/s1. The Morgan fingerprint density at radius 3 is 2.64 bits per heavy atom. The Hall–Kier alpha value is -1.91. The van der Waals surface area contributed by atoms with Gasteiger partial charge in [0.05, 0.1) is 23.5 Å². The van der Waals surface area contributed by atoms with E-state index in [0.717, 1.165) is 17.3 Å². The molecular weight excluding hydrogens is 420 g/mol. The third-order valence-corrected chi connectivity index (χ3v) is 7.68. The molecule has 2 aliphatic rings. The molecule has 0 saturated carbocycles. The number of sulfone groups is 1. The first-order chi connectivity index (χ1) is 13.2. The number of rotatable bonds is 5. The van der Waals surface area contributed by atoms with Crippen molar-refractivity contribution in [2.45, 2.75) is 25.4 Å². The number of hydrogen-bond acceptors (Lipinski definition) is 7. The fraction of sp³-hybridized carbons (Fsp3) is 0.389. The summed E-state index contributed by atoms with van der Waals surface area (Å²) in [6.07, 6.45) is 2.10. The first kappa shape index (κ1) is 20.8. The lowest BCUT2D eigenvalue weighted by molar-refractivity contribution is -0.132. The van der Waals surface area contributed by atoms with Crippen LogP contribution in [-0.4, -0.2) is 60.2 Å². The monoisotopic (exact) mass is 440 g/mol. The van der Waals surface area contributed by atoms with Crippen molar-refractivity contribution in [3.05, 3.63) is 34.7 Å². The highest BCUT2D eigenvalue weighted by atomic mass is 32.2. The van der Waals surface area contributed by atoms with Crippen LogP contribution in [0.5, 0.6) is 5.75 Å². The third-order valence-electron chi connectivity index (χ3n) is 4.58. The Labute approximate surface area is 173 Å². The lowest BCUT2D eigenvalue weighted by Gasteiger charge is -2.23. The van der Waals surface area contributed by atoms with Crippen LogP contribution in [0.15, 0.2) is 29.2 Å². The molecule has 1 aromatic rings. The van der Waals surface area contributed by atoms with Crippen molar-refractivity contribution >= 4 is 56.0 Å². The molecule has 1 N–H and O–H groups in total. The highest BCUT2D eigenvalue weighted by Gasteiger charge is 2.39. The second kappa shape index (κ2) is 8.22. The van der Waals surface area contributed by atoms with E-state index in [0.29, 0.717) is 21.4 Å². The van der Waals surface area contributed by atoms with Crippen molar-refractivity contribution in [1.82, 2.24) is 10.2 Å². The van der Waals surface area contributed by atoms with E-state index >= 15 is 0 Å². The summed E-state index contributed by atoms with van der Waals surface area (Å²) in [4.78, 5) is 27.0. The summed E-state index contributed by atoms with van der Waals surface area (Å²) in [6, 6.07) is 5.98. The minimum Gasteiger partial charge on any atom is -0.497 e. The molecule has 0 unspecified atom stereocenters. The second-order valence-electron chi connectivity index (χ2n) is 6.61. The minimum absolute atomic E-state index is 0.0674. The zero-order valence-corrected chi connectivity index (χ0v) is 17.8. The zero-order valence-electron chi connectivity index (χ0n) is 15.4. The largest absolute Gasteiger partial charge is 0.497 e. The van der Waals surface area contributed by atoms with Crippen LogP contribution < -0.4 is 10.1 Å². The predicted molar refractivity (Wildman–Crippen MR) is 113 cm³/mol. The summed E-state index contributed by atoms with van der Waals surface area (Å²) in [5.41, 5.74) is 0.814. The molecule has 1 aromatic carbocycles. The summed E-state index contributed by atoms with van der Waals surface area (Å²) in [6.45, 7) is 1.58. The Morgan fingerprint density at radius 2 is 2.07 bits per heavy atom. The molecule has 0 bridgehead atoms. The van der Waals surface area contributed by atoms with Gasteiger partial charge in [-0.15, -0.1) is 0 Å². The summed E-state index contributed by atoms with van der Waals surface area (Å²) in [7, 11) is -1.52. The van der Waals surface area contributed by atoms with Gasteiger partial charge in [-0.3, -0.25) is 14.5 Å². The number of carbonyl (C=O) groups is 2. The molecule has 10 heteroatoms. The molecule has 0 aliphatic carbocycles. The Kier molecular flexibility index (Phi) is 6.11. The number of ether oxygens (including phenoxy) is 1. The van der Waals surface area contributed by atoms with E-state index in [1.54, 1.807) is 32.2 Å². The van der Waals surface area contributed by atoms with Crippen LogP contribution in [0.1, 0.15) is 18.9 Å². The highest BCUT2D eigenvalue weighted by Crippen LogP contribution is 2.34. The molecule has 2 saturated heterocycles. The molecule has 150 valence electrons. The lowest BCUT2D eigenvalue weighted by atomic mass is 10.2. The molecule has 2 fully saturated rings. The minimum atomic E-state index is -3.10. The first-order valence-electron chi connectivity index (χ1n) is 8.62. The van der Waals surface area contributed by atoms with E-state index < -0.39 is 27.8 Å². The van der Waals surface area contributed by atoms with E-state index in [4.69, 9.17) is 17.0 Å². The van der Waals surface area contributed by atoms with Crippen LogP contribution in [0.25, 0.3) is 6.08 Å². The van der Waals surface area contributed by atoms with Crippen molar-refractivity contribution in [2.24, 2.45) is 0 Å². The number of methoxy groups -OCH3 is 1. The van der Waals surface area contributed by atoms with Gasteiger partial charge in [0.2, 0.25) is 5.91 Å². The van der Waals surface area contributed by atoms with Crippen molar-refractivity contribution in [3.8, 4) is 5.75 Å². The Balaban J connectivity index is 1.69. The molecule has 3 rings (SSSR count). The maximum Gasteiger partial charge on any atom is 0.266 e. The number of nitrogens with zero attached hydrogens (tertiary/aromatic N) is 1. The van der Waals surface area contributed by atoms with E-state index in [1.165, 1.54) is 4.90 Å². The fourth-order valence-corrected chi connectivity index (χ4v) is 6.10. The van der Waals surface area contributed by atoms with Gasteiger partial charge in [0.25, 0.3) is 5.91 Å². The SMILES string of the molecule is COc1ccc(/C=C2\SC(=S)N([C@@H](C)C(=O)N[C@H]3CCS(=O)(=O)C3)C2=O)cc1. The number of hydrogen-bond donors (Lipinski definition) is 1. The van der Waals surface area contributed by atoms with Crippen LogP contribution in [0.2, 0.25) is 0 Å². The van der Waals surface area contributed by atoms with Gasteiger partial charge in [-0.2, -0.15) is 0 Å². The van der Waals surface area contributed by atoms with Crippen LogP contribution in [0.3, 0.4) is 0 Å². The fourth-order valence-electron chi connectivity index (χ4n) is 3.01. The summed E-state index contributed by atoms with van der Waals surface area (Å²) >= 11 is 6.43. The number of amides is 2. The van der Waals surface area contributed by atoms with Gasteiger partial charge in [-0.25, -0.2) is 8.42 Å². The highest BCUT2D eigenvalue weighted by molar-refractivity contribution is 8.26. The van der Waals surface area contributed by atoms with Crippen molar-refractivity contribution in [1.29, 1.82) is 0 Å². The lowest BCUT2D eigenvalue weighted by Crippen LogP contribution is -2.50.